The molecule has 478 valence electrons. The molecule has 0 saturated heterocycles. The number of nitrogens with zero attached hydrogens (tertiary/aromatic N) is 6. The Balaban J connectivity index is 0.781. The van der Waals surface area contributed by atoms with E-state index in [2.05, 4.69) is 384 Å². The van der Waals surface area contributed by atoms with Crippen LogP contribution in [0.3, 0.4) is 0 Å². The molecule has 0 radical (unpaired) electrons. The first-order valence-corrected chi connectivity index (χ1v) is 35.6. The zero-order chi connectivity index (χ0) is 67.6. The molecule has 21 rings (SSSR count). The predicted octanol–water partition coefficient (Wildman–Crippen LogP) is 20.6. The minimum atomic E-state index is -0.0584. The average Bonchev–Trinajstić information content (AvgIpc) is 1.09. The lowest BCUT2D eigenvalue weighted by molar-refractivity contribution is 1.18. The largest absolute Gasteiger partial charge is 0.311 e. The highest BCUT2D eigenvalue weighted by molar-refractivity contribution is 7.01. The topological polar surface area (TPSA) is 22.8 Å². The van der Waals surface area contributed by atoms with Gasteiger partial charge in [0, 0.05) is 101 Å². The van der Waals surface area contributed by atoms with Crippen molar-refractivity contribution in [1.29, 1.82) is 0 Å². The number of fused-ring (bicyclic) bond motifs is 14. The van der Waals surface area contributed by atoms with Gasteiger partial charge in [0.25, 0.3) is 13.4 Å². The van der Waals surface area contributed by atoms with Crippen molar-refractivity contribution in [2.75, 3.05) is 19.6 Å². The van der Waals surface area contributed by atoms with E-state index in [9.17, 15) is 0 Å². The summed E-state index contributed by atoms with van der Waals surface area (Å²) in [4.78, 5) is 10.1. The van der Waals surface area contributed by atoms with Crippen molar-refractivity contribution < 1.29 is 0 Å². The van der Waals surface area contributed by atoms with Crippen LogP contribution in [-0.2, 0) is 0 Å². The Morgan fingerprint density at radius 1 is 0.196 bits per heavy atom. The number of para-hydroxylation sites is 3. The van der Waals surface area contributed by atoms with E-state index in [1.807, 2.05) is 0 Å². The quantitative estimate of drug-likeness (QED) is 0.141. The molecule has 15 aromatic carbocycles. The van der Waals surface area contributed by atoms with Crippen molar-refractivity contribution in [2.24, 2.45) is 0 Å². The number of hydrogen-bond acceptors (Lipinski definition) is 4. The van der Waals surface area contributed by atoms with Crippen LogP contribution in [0.1, 0.15) is 22.3 Å². The molecular formula is C94H66B2N6. The first-order chi connectivity index (χ1) is 50.2. The maximum Gasteiger partial charge on any atom is 0.252 e. The summed E-state index contributed by atoms with van der Waals surface area (Å²) in [6.07, 6.45) is 0. The van der Waals surface area contributed by atoms with Gasteiger partial charge in [-0.15, -0.1) is 0 Å². The van der Waals surface area contributed by atoms with Gasteiger partial charge in [-0.05, 0) is 216 Å². The Labute approximate surface area is 594 Å². The molecule has 0 aliphatic carbocycles. The zero-order valence-corrected chi connectivity index (χ0v) is 57.0. The zero-order valence-electron chi connectivity index (χ0n) is 57.0. The van der Waals surface area contributed by atoms with Crippen LogP contribution in [0.15, 0.2) is 328 Å². The summed E-state index contributed by atoms with van der Waals surface area (Å²) in [6, 6.07) is 124. The maximum absolute atomic E-state index is 2.58. The van der Waals surface area contributed by atoms with Crippen molar-refractivity contribution in [1.82, 2.24) is 9.13 Å². The van der Waals surface area contributed by atoms with Crippen molar-refractivity contribution in [3.63, 3.8) is 0 Å². The van der Waals surface area contributed by atoms with Crippen LogP contribution in [-0.4, -0.2) is 22.6 Å². The standard InChI is InChI=1S/C94H66B2N6/c1-59-33-42-69(43-34-59)98-82-49-37-61(3)51-77(82)95-79-56-76-74-48-41-66(54-88(74)101(68-24-12-7-13-25-68)90(76)58-91(79)100(86-31-17-29-84(98)93(86)95)71-46-39-64(40-47-71)63-19-8-5-9-20-63)65-21-16-26-72(53-65)102-87-32-18-30-85-94(87)96(78-52-62(4)38-50-83(78)99(85)70-44-35-60(2)36-45-70)80-55-75-73-27-14-15-28-81(73)97(89(75)57-92(80)102)67-22-10-6-11-23-67/h5-58H,1-4H3. The first-order valence-electron chi connectivity index (χ1n) is 35.6. The SMILES string of the molecule is Cc1ccc(N2c3ccc(C)cc3B3c4cc5c6ccccc6n(-c6ccccc6)c5cc4N(c4cccc(-c5ccc6c7cc8c(cc7n(-c7ccccc7)c6c5)N(c5ccc(-c6ccccc6)cc5)c5cccc6c5B8c5cc(C)ccc5N6c5ccc(C)cc5)c4)c4cccc2c43)cc1. The van der Waals surface area contributed by atoms with Crippen molar-refractivity contribution in [3.05, 3.63) is 350 Å². The normalized spacial score (nSPS) is 13.2. The molecule has 0 atom stereocenters. The number of anilines is 12. The Kier molecular flexibility index (Phi) is 12.8. The number of aromatic nitrogens is 2. The third-order valence-electron chi connectivity index (χ3n) is 22.3. The Hall–Kier alpha value is -12.8. The Bertz CT molecular complexity index is 6320. The molecule has 6 nitrogen and oxygen atoms in total. The van der Waals surface area contributed by atoms with E-state index in [-0.39, 0.29) is 13.4 Å². The molecule has 4 aliphatic heterocycles. The molecular weight excluding hydrogens is 1230 g/mol. The van der Waals surface area contributed by atoms with E-state index in [0.717, 1.165) is 56.3 Å². The lowest BCUT2D eigenvalue weighted by atomic mass is 9.33. The minimum absolute atomic E-state index is 0.0488. The second-order valence-corrected chi connectivity index (χ2v) is 28.3. The van der Waals surface area contributed by atoms with Crippen LogP contribution >= 0.6 is 0 Å². The Morgan fingerprint density at radius 2 is 0.559 bits per heavy atom. The molecule has 0 fully saturated rings. The van der Waals surface area contributed by atoms with E-state index >= 15 is 0 Å². The van der Waals surface area contributed by atoms with E-state index in [1.165, 1.54) is 144 Å². The molecule has 8 heteroatoms. The lowest BCUT2D eigenvalue weighted by Gasteiger charge is -2.44. The molecule has 0 spiro atoms. The second-order valence-electron chi connectivity index (χ2n) is 28.3. The molecule has 0 saturated carbocycles. The van der Waals surface area contributed by atoms with Gasteiger partial charge in [0.1, 0.15) is 0 Å². The molecule has 2 aromatic heterocycles. The highest BCUT2D eigenvalue weighted by atomic mass is 15.2. The van der Waals surface area contributed by atoms with Gasteiger partial charge >= 0.3 is 0 Å². The molecule has 0 bridgehead atoms. The summed E-state index contributed by atoms with van der Waals surface area (Å²) in [5, 5.41) is 4.90. The molecule has 4 aliphatic rings. The van der Waals surface area contributed by atoms with Crippen LogP contribution in [0.4, 0.5) is 68.2 Å². The summed E-state index contributed by atoms with van der Waals surface area (Å²) in [5.74, 6) is 0. The molecule has 0 unspecified atom stereocenters. The van der Waals surface area contributed by atoms with Crippen LogP contribution in [0.5, 0.6) is 0 Å². The summed E-state index contributed by atoms with van der Waals surface area (Å²) in [7, 11) is 0. The van der Waals surface area contributed by atoms with Crippen LogP contribution in [0, 0.1) is 27.7 Å². The summed E-state index contributed by atoms with van der Waals surface area (Å²) < 4.78 is 4.99. The number of rotatable bonds is 8. The number of benzene rings is 15. The fourth-order valence-electron chi connectivity index (χ4n) is 17.7. The van der Waals surface area contributed by atoms with Gasteiger partial charge in [-0.1, -0.05) is 216 Å². The molecule has 102 heavy (non-hydrogen) atoms. The summed E-state index contributed by atoms with van der Waals surface area (Å²) in [5.41, 5.74) is 38.3. The monoisotopic (exact) mass is 1300 g/mol. The van der Waals surface area contributed by atoms with Crippen molar-refractivity contribution >= 4 is 158 Å². The number of hydrogen-bond donors (Lipinski definition) is 0. The average molecular weight is 1300 g/mol. The molecule has 0 amide bonds. The fraction of sp³-hybridized carbons (Fsp3) is 0.0426. The highest BCUT2D eigenvalue weighted by Gasteiger charge is 2.46. The first kappa shape index (κ1) is 58.2. The highest BCUT2D eigenvalue weighted by Crippen LogP contribution is 2.50. The molecule has 6 heterocycles. The van der Waals surface area contributed by atoms with Gasteiger partial charge in [0.2, 0.25) is 0 Å². The van der Waals surface area contributed by atoms with Gasteiger partial charge in [-0.25, -0.2) is 0 Å². The van der Waals surface area contributed by atoms with Gasteiger partial charge in [0.15, 0.2) is 0 Å². The van der Waals surface area contributed by atoms with Crippen LogP contribution < -0.4 is 52.4 Å². The van der Waals surface area contributed by atoms with E-state index in [1.54, 1.807) is 0 Å². The van der Waals surface area contributed by atoms with Crippen LogP contribution in [0.2, 0.25) is 0 Å². The number of aryl methyl sites for hydroxylation is 4. The van der Waals surface area contributed by atoms with Crippen LogP contribution in [0.25, 0.3) is 77.2 Å². The third-order valence-corrected chi connectivity index (χ3v) is 22.3. The van der Waals surface area contributed by atoms with Gasteiger partial charge < -0.3 is 28.7 Å². The summed E-state index contributed by atoms with van der Waals surface area (Å²) in [6.45, 7) is 8.72. The predicted molar refractivity (Wildman–Crippen MR) is 433 cm³/mol. The van der Waals surface area contributed by atoms with Crippen molar-refractivity contribution in [2.45, 2.75) is 27.7 Å². The molecule has 17 aromatic rings. The fourth-order valence-corrected chi connectivity index (χ4v) is 17.7. The smallest absolute Gasteiger partial charge is 0.252 e. The van der Waals surface area contributed by atoms with Crippen molar-refractivity contribution in [3.8, 4) is 33.6 Å². The van der Waals surface area contributed by atoms with E-state index in [4.69, 9.17) is 0 Å². The maximum atomic E-state index is 2.58. The third kappa shape index (κ3) is 8.69. The minimum Gasteiger partial charge on any atom is -0.311 e. The molecule has 0 N–H and O–H groups in total. The van der Waals surface area contributed by atoms with Gasteiger partial charge in [0.05, 0.1) is 22.1 Å². The van der Waals surface area contributed by atoms with Gasteiger partial charge in [-0.2, -0.15) is 0 Å². The second kappa shape index (κ2) is 22.4. The summed E-state index contributed by atoms with van der Waals surface area (Å²) >= 11 is 0. The Morgan fingerprint density at radius 3 is 1.09 bits per heavy atom. The lowest BCUT2D eigenvalue weighted by Crippen LogP contribution is -2.61. The van der Waals surface area contributed by atoms with E-state index < -0.39 is 0 Å². The van der Waals surface area contributed by atoms with E-state index in [0.29, 0.717) is 0 Å². The van der Waals surface area contributed by atoms with Gasteiger partial charge in [-0.3, -0.25) is 0 Å².